The number of rotatable bonds is 5. The lowest BCUT2D eigenvalue weighted by molar-refractivity contribution is -0.143. The van der Waals surface area contributed by atoms with Gasteiger partial charge in [-0.25, -0.2) is 0 Å². The van der Waals surface area contributed by atoms with Crippen LogP contribution >= 0.6 is 0 Å². The van der Waals surface area contributed by atoms with Crippen LogP contribution in [0.5, 0.6) is 0 Å². The van der Waals surface area contributed by atoms with Gasteiger partial charge in [0, 0.05) is 18.0 Å². The topological polar surface area (TPSA) is 84.2 Å². The number of hydrogen-bond donors (Lipinski definition) is 3. The molecule has 2 aliphatic carbocycles. The Hall–Kier alpha value is -2.30. The van der Waals surface area contributed by atoms with Crippen molar-refractivity contribution in [2.75, 3.05) is 5.32 Å². The van der Waals surface area contributed by atoms with Crippen molar-refractivity contribution in [2.24, 2.45) is 17.6 Å². The number of carbonyl (C=O) groups excluding carboxylic acids is 2. The number of halogens is 6. The summed E-state index contributed by atoms with van der Waals surface area (Å²) in [5, 5.41) is 5.08. The van der Waals surface area contributed by atoms with Gasteiger partial charge in [0.15, 0.2) is 0 Å². The van der Waals surface area contributed by atoms with Crippen molar-refractivity contribution >= 4 is 17.5 Å². The predicted octanol–water partition coefficient (Wildman–Crippen LogP) is 5.20. The number of nitrogens with two attached hydrogens (primary N) is 1. The molecule has 33 heavy (non-hydrogen) atoms. The van der Waals surface area contributed by atoms with E-state index in [2.05, 4.69) is 10.6 Å². The third-order valence-corrected chi connectivity index (χ3v) is 6.44. The van der Waals surface area contributed by atoms with Gasteiger partial charge in [0.25, 0.3) is 0 Å². The number of benzene rings is 1. The second-order valence-corrected chi connectivity index (χ2v) is 9.12. The molecule has 11 heteroatoms. The van der Waals surface area contributed by atoms with Crippen LogP contribution in [-0.4, -0.2) is 17.5 Å². The fraction of sp³-hybridized carbons (Fsp3) is 0.636. The normalized spacial score (nSPS) is 24.5. The largest absolute Gasteiger partial charge is 0.416 e. The maximum Gasteiger partial charge on any atom is 0.416 e. The Morgan fingerprint density at radius 2 is 1.42 bits per heavy atom. The first-order valence-corrected chi connectivity index (χ1v) is 11.0. The van der Waals surface area contributed by atoms with E-state index in [9.17, 15) is 35.9 Å². The van der Waals surface area contributed by atoms with Crippen molar-refractivity contribution in [3.8, 4) is 0 Å². The van der Waals surface area contributed by atoms with Crippen molar-refractivity contribution < 1.29 is 35.9 Å². The highest BCUT2D eigenvalue weighted by atomic mass is 19.4. The van der Waals surface area contributed by atoms with Crippen LogP contribution in [0.4, 0.5) is 32.0 Å². The molecule has 0 aromatic heterocycles. The minimum absolute atomic E-state index is 0.0114. The Morgan fingerprint density at radius 3 is 1.91 bits per heavy atom. The maximum atomic E-state index is 13.0. The summed E-state index contributed by atoms with van der Waals surface area (Å²) in [5.41, 5.74) is 1.91. The molecule has 1 aromatic rings. The van der Waals surface area contributed by atoms with E-state index in [1.807, 2.05) is 0 Å². The van der Waals surface area contributed by atoms with Crippen LogP contribution < -0.4 is 16.4 Å². The van der Waals surface area contributed by atoms with Crippen molar-refractivity contribution in [1.82, 2.24) is 5.32 Å². The Labute approximate surface area is 187 Å². The minimum Gasteiger partial charge on any atom is -0.338 e. The standard InChI is InChI=1S/C22H27F6N3O2/c23-21(24,25)15-10-16(22(26,27)28)12-17(11-15)30-18(32)9-13-5-7-20(29,8-6-13)31-19(33)14-3-1-2-4-14/h10-14H,1-9,29H2,(H,30,32)(H,31,33). The van der Waals surface area contributed by atoms with Gasteiger partial charge in [-0.15, -0.1) is 0 Å². The molecule has 0 saturated heterocycles. The SMILES string of the molecule is NC1(NC(=O)C2CCCC2)CCC(CC(=O)Nc2cc(C(F)(F)F)cc(C(F)(F)F)c2)CC1. The molecule has 0 heterocycles. The average molecular weight is 479 g/mol. The van der Waals surface area contributed by atoms with E-state index in [-0.39, 0.29) is 30.2 Å². The first-order valence-electron chi connectivity index (χ1n) is 11.0. The molecule has 184 valence electrons. The lowest BCUT2D eigenvalue weighted by atomic mass is 9.80. The van der Waals surface area contributed by atoms with E-state index in [4.69, 9.17) is 5.73 Å². The third-order valence-electron chi connectivity index (χ3n) is 6.44. The fourth-order valence-electron chi connectivity index (χ4n) is 4.56. The average Bonchev–Trinajstić information content (AvgIpc) is 3.23. The van der Waals surface area contributed by atoms with Crippen LogP contribution in [-0.2, 0) is 21.9 Å². The molecule has 4 N–H and O–H groups in total. The fourth-order valence-corrected chi connectivity index (χ4v) is 4.56. The van der Waals surface area contributed by atoms with Crippen LogP contribution in [0.25, 0.3) is 0 Å². The van der Waals surface area contributed by atoms with Crippen LogP contribution in [0.1, 0.15) is 68.9 Å². The summed E-state index contributed by atoms with van der Waals surface area (Å²) < 4.78 is 77.9. The van der Waals surface area contributed by atoms with Gasteiger partial charge < -0.3 is 16.4 Å². The minimum atomic E-state index is -4.99. The number of nitrogens with one attached hydrogen (secondary N) is 2. The van der Waals surface area contributed by atoms with Crippen molar-refractivity contribution in [3.63, 3.8) is 0 Å². The molecule has 5 nitrogen and oxygen atoms in total. The lowest BCUT2D eigenvalue weighted by Crippen LogP contribution is -2.58. The summed E-state index contributed by atoms with van der Waals surface area (Å²) >= 11 is 0. The molecule has 0 spiro atoms. The van der Waals surface area contributed by atoms with Crippen LogP contribution in [0.2, 0.25) is 0 Å². The molecule has 0 aliphatic heterocycles. The highest BCUT2D eigenvalue weighted by Crippen LogP contribution is 2.38. The molecular weight excluding hydrogens is 452 g/mol. The van der Waals surface area contributed by atoms with Crippen molar-refractivity contribution in [3.05, 3.63) is 29.3 Å². The highest BCUT2D eigenvalue weighted by molar-refractivity contribution is 5.91. The second kappa shape index (κ2) is 9.52. The molecule has 2 saturated carbocycles. The monoisotopic (exact) mass is 479 g/mol. The number of anilines is 1. The molecule has 0 unspecified atom stereocenters. The molecule has 3 rings (SSSR count). The Bertz CT molecular complexity index is 838. The van der Waals surface area contributed by atoms with Gasteiger partial charge in [-0.1, -0.05) is 12.8 Å². The Morgan fingerprint density at radius 1 is 0.909 bits per heavy atom. The lowest BCUT2D eigenvalue weighted by Gasteiger charge is -2.38. The first kappa shape index (κ1) is 25.3. The molecule has 1 aromatic carbocycles. The zero-order valence-electron chi connectivity index (χ0n) is 17.9. The van der Waals surface area contributed by atoms with E-state index in [0.717, 1.165) is 25.7 Å². The second-order valence-electron chi connectivity index (χ2n) is 9.12. The van der Waals surface area contributed by atoms with Crippen LogP contribution in [0, 0.1) is 11.8 Å². The zero-order chi connectivity index (χ0) is 24.4. The molecule has 2 aliphatic rings. The van der Waals surface area contributed by atoms with Crippen LogP contribution in [0.15, 0.2) is 18.2 Å². The summed E-state index contributed by atoms with van der Waals surface area (Å²) in [6, 6.07) is 0.979. The highest BCUT2D eigenvalue weighted by Gasteiger charge is 2.38. The summed E-state index contributed by atoms with van der Waals surface area (Å²) in [6.07, 6.45) is -4.44. The Balaban J connectivity index is 1.57. The smallest absolute Gasteiger partial charge is 0.338 e. The van der Waals surface area contributed by atoms with E-state index in [1.165, 1.54) is 0 Å². The number of amides is 2. The predicted molar refractivity (Wildman–Crippen MR) is 109 cm³/mol. The maximum absolute atomic E-state index is 13.0. The molecule has 0 bridgehead atoms. The van der Waals surface area contributed by atoms with Gasteiger partial charge in [-0.3, -0.25) is 9.59 Å². The Kier molecular flexibility index (Phi) is 7.30. The third kappa shape index (κ3) is 6.84. The summed E-state index contributed by atoms with van der Waals surface area (Å²) in [4.78, 5) is 24.7. The van der Waals surface area contributed by atoms with Crippen molar-refractivity contribution in [1.29, 1.82) is 0 Å². The summed E-state index contributed by atoms with van der Waals surface area (Å²) in [6.45, 7) is 0. The van der Waals surface area contributed by atoms with Crippen LogP contribution in [0.3, 0.4) is 0 Å². The summed E-state index contributed by atoms with van der Waals surface area (Å²) in [5.74, 6) is -0.899. The quantitative estimate of drug-likeness (QED) is 0.401. The number of carbonyl (C=O) groups is 2. The van der Waals surface area contributed by atoms with E-state index >= 15 is 0 Å². The van der Waals surface area contributed by atoms with Gasteiger partial charge in [-0.05, 0) is 62.6 Å². The molecule has 2 fully saturated rings. The van der Waals surface area contributed by atoms with Gasteiger partial charge in [-0.2, -0.15) is 26.3 Å². The zero-order valence-corrected chi connectivity index (χ0v) is 17.9. The van der Waals surface area contributed by atoms with Gasteiger partial charge in [0.2, 0.25) is 11.8 Å². The molecule has 2 amide bonds. The van der Waals surface area contributed by atoms with E-state index in [1.54, 1.807) is 0 Å². The van der Waals surface area contributed by atoms with E-state index in [0.29, 0.717) is 37.8 Å². The molecule has 0 radical (unpaired) electrons. The number of alkyl halides is 6. The first-order chi connectivity index (χ1) is 15.2. The number of hydrogen-bond acceptors (Lipinski definition) is 3. The van der Waals surface area contributed by atoms with Gasteiger partial charge in [0.05, 0.1) is 16.8 Å². The van der Waals surface area contributed by atoms with Crippen molar-refractivity contribution in [2.45, 2.75) is 75.8 Å². The van der Waals surface area contributed by atoms with E-state index < -0.39 is 40.7 Å². The molecule has 0 atom stereocenters. The van der Waals surface area contributed by atoms with Gasteiger partial charge in [0.1, 0.15) is 0 Å². The molecular formula is C22H27F6N3O2. The van der Waals surface area contributed by atoms with Gasteiger partial charge >= 0.3 is 12.4 Å². The summed E-state index contributed by atoms with van der Waals surface area (Å²) in [7, 11) is 0.